The van der Waals surface area contributed by atoms with Crippen molar-refractivity contribution in [1.29, 1.82) is 5.26 Å². The molecule has 0 atom stereocenters. The van der Waals surface area contributed by atoms with Gasteiger partial charge in [-0.3, -0.25) is 29.8 Å². The van der Waals surface area contributed by atoms with Crippen LogP contribution in [-0.2, 0) is 4.79 Å². The summed E-state index contributed by atoms with van der Waals surface area (Å²) in [4.78, 5) is 42.2. The van der Waals surface area contributed by atoms with E-state index >= 15 is 0 Å². The number of carbonyl (C=O) groups excluding carboxylic acids is 2. The molecule has 0 bridgehead atoms. The molecule has 34 heavy (non-hydrogen) atoms. The van der Waals surface area contributed by atoms with Crippen LogP contribution in [0.1, 0.15) is 15.9 Å². The lowest BCUT2D eigenvalue weighted by Crippen LogP contribution is -2.42. The SMILES string of the molecule is N#Cc1ccc(-n2c(SCC(=O)NNC(=O)c3ccc(F)cc3)nc3ccccc3c2=O)cc1. The highest BCUT2D eigenvalue weighted by atomic mass is 32.2. The van der Waals surface area contributed by atoms with Gasteiger partial charge in [-0.25, -0.2) is 9.37 Å². The number of rotatable bonds is 5. The highest BCUT2D eigenvalue weighted by Gasteiger charge is 2.15. The molecule has 3 aromatic carbocycles. The van der Waals surface area contributed by atoms with Crippen molar-refractivity contribution in [2.24, 2.45) is 0 Å². The van der Waals surface area contributed by atoms with E-state index in [-0.39, 0.29) is 22.0 Å². The molecule has 0 aliphatic carbocycles. The fraction of sp³-hybridized carbons (Fsp3) is 0.0417. The van der Waals surface area contributed by atoms with Gasteiger partial charge in [0, 0.05) is 5.56 Å². The summed E-state index contributed by atoms with van der Waals surface area (Å²) in [7, 11) is 0. The molecule has 0 fully saturated rings. The number of hydrazine groups is 1. The number of nitriles is 1. The van der Waals surface area contributed by atoms with Gasteiger partial charge in [0.05, 0.1) is 34.0 Å². The Kier molecular flexibility index (Phi) is 6.66. The Balaban J connectivity index is 1.54. The third kappa shape index (κ3) is 4.95. The summed E-state index contributed by atoms with van der Waals surface area (Å²) in [6, 6.07) is 20.2. The number of thioether (sulfide) groups is 1. The summed E-state index contributed by atoms with van der Waals surface area (Å²) in [5.74, 6) is -1.76. The van der Waals surface area contributed by atoms with E-state index in [1.807, 2.05) is 6.07 Å². The number of hydrogen-bond acceptors (Lipinski definition) is 6. The van der Waals surface area contributed by atoms with Gasteiger partial charge in [0.15, 0.2) is 5.16 Å². The zero-order valence-corrected chi connectivity index (χ0v) is 18.3. The van der Waals surface area contributed by atoms with Gasteiger partial charge in [-0.1, -0.05) is 23.9 Å². The van der Waals surface area contributed by atoms with Crippen molar-refractivity contribution in [3.05, 3.63) is 100 Å². The Hall–Kier alpha value is -4.49. The molecule has 168 valence electrons. The second kappa shape index (κ2) is 9.97. The molecule has 2 N–H and O–H groups in total. The maximum absolute atomic E-state index is 13.2. The summed E-state index contributed by atoms with van der Waals surface area (Å²) in [5.41, 5.74) is 5.82. The molecule has 0 aliphatic heterocycles. The minimum atomic E-state index is -0.600. The smallest absolute Gasteiger partial charge is 0.269 e. The molecule has 4 aromatic rings. The van der Waals surface area contributed by atoms with Crippen LogP contribution in [0, 0.1) is 17.1 Å². The number of nitrogens with one attached hydrogen (secondary N) is 2. The minimum Gasteiger partial charge on any atom is -0.272 e. The van der Waals surface area contributed by atoms with E-state index in [4.69, 9.17) is 5.26 Å². The van der Waals surface area contributed by atoms with Crippen LogP contribution in [0.15, 0.2) is 82.7 Å². The second-order valence-corrected chi connectivity index (χ2v) is 7.95. The summed E-state index contributed by atoms with van der Waals surface area (Å²) >= 11 is 1.01. The van der Waals surface area contributed by atoms with E-state index in [1.54, 1.807) is 48.5 Å². The van der Waals surface area contributed by atoms with E-state index in [0.29, 0.717) is 22.2 Å². The number of nitrogens with zero attached hydrogens (tertiary/aromatic N) is 3. The topological polar surface area (TPSA) is 117 Å². The summed E-state index contributed by atoms with van der Waals surface area (Å²) in [5, 5.41) is 9.72. The zero-order chi connectivity index (χ0) is 24.1. The van der Waals surface area contributed by atoms with Gasteiger partial charge in [0.1, 0.15) is 5.82 Å². The van der Waals surface area contributed by atoms with Crippen LogP contribution in [0.25, 0.3) is 16.6 Å². The first kappa shape index (κ1) is 22.7. The zero-order valence-electron chi connectivity index (χ0n) is 17.5. The predicted molar refractivity (Wildman–Crippen MR) is 125 cm³/mol. The van der Waals surface area contributed by atoms with Crippen molar-refractivity contribution >= 4 is 34.5 Å². The number of para-hydroxylation sites is 1. The standard InChI is InChI=1S/C24H16FN5O3S/c25-17-9-7-16(8-10-17)22(32)29-28-21(31)14-34-24-27-20-4-2-1-3-19(20)23(33)30(24)18-11-5-15(13-26)6-12-18/h1-12H,14H2,(H,28,31)(H,29,32). The molecule has 1 heterocycles. The molecule has 0 saturated heterocycles. The first-order valence-corrected chi connectivity index (χ1v) is 10.9. The highest BCUT2D eigenvalue weighted by Crippen LogP contribution is 2.21. The van der Waals surface area contributed by atoms with Gasteiger partial charge in [0.25, 0.3) is 11.5 Å². The number of halogens is 1. The van der Waals surface area contributed by atoms with E-state index in [9.17, 15) is 18.8 Å². The molecule has 0 aliphatic rings. The quantitative estimate of drug-likeness (QED) is 0.262. The lowest BCUT2D eigenvalue weighted by Gasteiger charge is -2.13. The van der Waals surface area contributed by atoms with Gasteiger partial charge in [-0.2, -0.15) is 5.26 Å². The largest absolute Gasteiger partial charge is 0.272 e. The molecule has 4 rings (SSSR count). The van der Waals surface area contributed by atoms with Gasteiger partial charge >= 0.3 is 0 Å². The normalized spacial score (nSPS) is 10.5. The average Bonchev–Trinajstić information content (AvgIpc) is 2.86. The third-order valence-electron chi connectivity index (χ3n) is 4.75. The molecule has 10 heteroatoms. The maximum atomic E-state index is 13.2. The fourth-order valence-electron chi connectivity index (χ4n) is 3.09. The molecule has 8 nitrogen and oxygen atoms in total. The predicted octanol–water partition coefficient (Wildman–Crippen LogP) is 2.95. The van der Waals surface area contributed by atoms with Crippen LogP contribution in [0.2, 0.25) is 0 Å². The number of hydrogen-bond donors (Lipinski definition) is 2. The Morgan fingerprint density at radius 3 is 2.41 bits per heavy atom. The minimum absolute atomic E-state index is 0.148. The molecule has 0 radical (unpaired) electrons. The first-order chi connectivity index (χ1) is 16.5. The van der Waals surface area contributed by atoms with Crippen LogP contribution >= 0.6 is 11.8 Å². The van der Waals surface area contributed by atoms with E-state index < -0.39 is 17.6 Å². The maximum Gasteiger partial charge on any atom is 0.269 e. The number of fused-ring (bicyclic) bond motifs is 1. The molecule has 0 saturated carbocycles. The van der Waals surface area contributed by atoms with Gasteiger partial charge in [-0.05, 0) is 60.7 Å². The third-order valence-corrected chi connectivity index (χ3v) is 5.69. The van der Waals surface area contributed by atoms with Crippen LogP contribution in [-0.4, -0.2) is 27.1 Å². The Morgan fingerprint density at radius 2 is 1.71 bits per heavy atom. The molecule has 0 unspecified atom stereocenters. The molecule has 0 spiro atoms. The van der Waals surface area contributed by atoms with Crippen molar-refractivity contribution in [3.8, 4) is 11.8 Å². The van der Waals surface area contributed by atoms with Crippen molar-refractivity contribution < 1.29 is 14.0 Å². The van der Waals surface area contributed by atoms with Crippen LogP contribution in [0.5, 0.6) is 0 Å². The van der Waals surface area contributed by atoms with Crippen molar-refractivity contribution in [2.75, 3.05) is 5.75 Å². The lowest BCUT2D eigenvalue weighted by atomic mass is 10.2. The number of amides is 2. The van der Waals surface area contributed by atoms with Gasteiger partial charge in [0.2, 0.25) is 5.91 Å². The van der Waals surface area contributed by atoms with Gasteiger partial charge in [-0.15, -0.1) is 0 Å². The van der Waals surface area contributed by atoms with E-state index in [2.05, 4.69) is 15.8 Å². The Bertz CT molecular complexity index is 1480. The van der Waals surface area contributed by atoms with Crippen molar-refractivity contribution in [1.82, 2.24) is 20.4 Å². The van der Waals surface area contributed by atoms with Crippen LogP contribution in [0.3, 0.4) is 0 Å². The Morgan fingerprint density at radius 1 is 1.00 bits per heavy atom. The lowest BCUT2D eigenvalue weighted by molar-refractivity contribution is -0.119. The van der Waals surface area contributed by atoms with E-state index in [0.717, 1.165) is 23.9 Å². The summed E-state index contributed by atoms with van der Waals surface area (Å²) < 4.78 is 14.4. The Labute approximate surface area is 197 Å². The fourth-order valence-corrected chi connectivity index (χ4v) is 3.90. The van der Waals surface area contributed by atoms with Crippen molar-refractivity contribution in [2.45, 2.75) is 5.16 Å². The summed E-state index contributed by atoms with van der Waals surface area (Å²) in [6.07, 6.45) is 0. The molecule has 2 amide bonds. The average molecular weight is 473 g/mol. The van der Waals surface area contributed by atoms with Crippen molar-refractivity contribution in [3.63, 3.8) is 0 Å². The number of carbonyl (C=O) groups is 2. The van der Waals surface area contributed by atoms with Crippen LogP contribution < -0.4 is 16.4 Å². The van der Waals surface area contributed by atoms with Gasteiger partial charge < -0.3 is 0 Å². The number of aromatic nitrogens is 2. The first-order valence-electron chi connectivity index (χ1n) is 9.96. The van der Waals surface area contributed by atoms with E-state index in [1.165, 1.54) is 16.7 Å². The second-order valence-electron chi connectivity index (χ2n) is 7.01. The molecule has 1 aromatic heterocycles. The summed E-state index contributed by atoms with van der Waals surface area (Å²) in [6.45, 7) is 0. The monoisotopic (exact) mass is 473 g/mol. The molecular weight excluding hydrogens is 457 g/mol. The number of benzene rings is 3. The molecular formula is C24H16FN5O3S. The van der Waals surface area contributed by atoms with Crippen LogP contribution in [0.4, 0.5) is 4.39 Å². The highest BCUT2D eigenvalue weighted by molar-refractivity contribution is 7.99.